The lowest BCUT2D eigenvalue weighted by molar-refractivity contribution is 0.101. The van der Waals surface area contributed by atoms with E-state index in [2.05, 4.69) is 31.4 Å². The molecule has 1 N–H and O–H groups in total. The molecule has 0 saturated heterocycles. The standard InChI is InChI=1S/C21H14BrCl4N5O2/c22-13-10-31(9-12-4-5-14(23)16(25)8-12)29-20(13)27-21(32)17-6-7-30(28-17)11-33-18-3-1-2-15(24)19(18)26/h1-8,10H,9,11H2,(H,27,29,32). The fourth-order valence-electron chi connectivity index (χ4n) is 2.85. The molecule has 1 amide bonds. The molecule has 0 aliphatic carbocycles. The van der Waals surface area contributed by atoms with E-state index in [1.807, 2.05) is 6.07 Å². The first-order valence-corrected chi connectivity index (χ1v) is 11.7. The summed E-state index contributed by atoms with van der Waals surface area (Å²) >= 11 is 27.5. The highest BCUT2D eigenvalue weighted by molar-refractivity contribution is 9.10. The van der Waals surface area contributed by atoms with Crippen molar-refractivity contribution >= 4 is 74.1 Å². The van der Waals surface area contributed by atoms with Crippen LogP contribution in [0.4, 0.5) is 5.82 Å². The van der Waals surface area contributed by atoms with Gasteiger partial charge in [0.1, 0.15) is 10.8 Å². The lowest BCUT2D eigenvalue weighted by Gasteiger charge is -2.08. The number of aromatic nitrogens is 4. The minimum Gasteiger partial charge on any atom is -0.470 e. The zero-order valence-corrected chi connectivity index (χ0v) is 21.2. The van der Waals surface area contributed by atoms with Crippen LogP contribution in [0.3, 0.4) is 0 Å². The molecule has 2 heterocycles. The van der Waals surface area contributed by atoms with Crippen molar-refractivity contribution in [3.8, 4) is 5.75 Å². The quantitative estimate of drug-likeness (QED) is 0.257. The number of carbonyl (C=O) groups is 1. The van der Waals surface area contributed by atoms with E-state index >= 15 is 0 Å². The van der Waals surface area contributed by atoms with Crippen molar-refractivity contribution in [1.82, 2.24) is 19.6 Å². The molecular formula is C21H14BrCl4N5O2. The SMILES string of the molecule is O=C(Nc1nn(Cc2ccc(Cl)c(Cl)c2)cc1Br)c1ccn(COc2cccc(Cl)c2Cl)n1. The number of ether oxygens (including phenoxy) is 1. The first kappa shape index (κ1) is 23.9. The van der Waals surface area contributed by atoms with Crippen molar-refractivity contribution in [3.63, 3.8) is 0 Å². The van der Waals surface area contributed by atoms with Gasteiger partial charge >= 0.3 is 0 Å². The Labute approximate surface area is 217 Å². The maximum atomic E-state index is 12.6. The normalized spacial score (nSPS) is 10.9. The summed E-state index contributed by atoms with van der Waals surface area (Å²) in [6.07, 6.45) is 3.37. The van der Waals surface area contributed by atoms with Crippen LogP contribution in [0.15, 0.2) is 59.3 Å². The largest absolute Gasteiger partial charge is 0.470 e. The topological polar surface area (TPSA) is 74.0 Å². The lowest BCUT2D eigenvalue weighted by Crippen LogP contribution is -2.15. The molecule has 0 fully saturated rings. The maximum Gasteiger partial charge on any atom is 0.277 e. The predicted molar refractivity (Wildman–Crippen MR) is 133 cm³/mol. The zero-order chi connectivity index (χ0) is 23.5. The van der Waals surface area contributed by atoms with E-state index in [0.717, 1.165) is 5.56 Å². The minimum atomic E-state index is -0.421. The van der Waals surface area contributed by atoms with E-state index < -0.39 is 5.91 Å². The Morgan fingerprint density at radius 1 is 1.00 bits per heavy atom. The summed E-state index contributed by atoms with van der Waals surface area (Å²) in [6, 6.07) is 12.0. The highest BCUT2D eigenvalue weighted by atomic mass is 79.9. The van der Waals surface area contributed by atoms with Crippen molar-refractivity contribution in [2.75, 3.05) is 5.32 Å². The Morgan fingerprint density at radius 2 is 1.82 bits per heavy atom. The van der Waals surface area contributed by atoms with Crippen LogP contribution in [0.2, 0.25) is 20.1 Å². The summed E-state index contributed by atoms with van der Waals surface area (Å²) < 4.78 is 9.37. The fourth-order valence-corrected chi connectivity index (χ4v) is 3.93. The number of benzene rings is 2. The number of anilines is 1. The molecule has 0 atom stereocenters. The van der Waals surface area contributed by atoms with E-state index in [4.69, 9.17) is 51.1 Å². The number of hydrogen-bond acceptors (Lipinski definition) is 4. The van der Waals surface area contributed by atoms with E-state index in [-0.39, 0.29) is 12.4 Å². The summed E-state index contributed by atoms with van der Waals surface area (Å²) in [5.74, 6) is 0.355. The third-order valence-corrected chi connectivity index (χ3v) is 6.54. The number of nitrogens with zero attached hydrogens (tertiary/aromatic N) is 4. The van der Waals surface area contributed by atoms with E-state index in [9.17, 15) is 4.79 Å². The van der Waals surface area contributed by atoms with Gasteiger partial charge in [0.25, 0.3) is 5.91 Å². The Morgan fingerprint density at radius 3 is 2.61 bits per heavy atom. The van der Waals surface area contributed by atoms with Gasteiger partial charge < -0.3 is 10.1 Å². The molecule has 0 spiro atoms. The molecule has 12 heteroatoms. The molecule has 170 valence electrons. The van der Waals surface area contributed by atoms with Gasteiger partial charge in [-0.05, 0) is 51.8 Å². The van der Waals surface area contributed by atoms with Crippen LogP contribution in [0.5, 0.6) is 5.75 Å². The van der Waals surface area contributed by atoms with Crippen LogP contribution in [0, 0.1) is 0 Å². The third kappa shape index (κ3) is 5.83. The second-order valence-corrected chi connectivity index (χ2v) is 9.25. The second-order valence-electron chi connectivity index (χ2n) is 6.79. The molecule has 2 aromatic heterocycles. The number of halogens is 5. The van der Waals surface area contributed by atoms with Gasteiger partial charge in [0.05, 0.1) is 26.1 Å². The van der Waals surface area contributed by atoms with Crippen molar-refractivity contribution in [2.45, 2.75) is 13.3 Å². The summed E-state index contributed by atoms with van der Waals surface area (Å²) in [5.41, 5.74) is 1.11. The van der Waals surface area contributed by atoms with Gasteiger partial charge in [-0.15, -0.1) is 0 Å². The van der Waals surface area contributed by atoms with Gasteiger partial charge in [0.15, 0.2) is 18.2 Å². The summed E-state index contributed by atoms with van der Waals surface area (Å²) in [7, 11) is 0. The van der Waals surface area contributed by atoms with E-state index in [1.165, 1.54) is 4.68 Å². The maximum absolute atomic E-state index is 12.6. The predicted octanol–water partition coefficient (Wildman–Crippen LogP) is 6.79. The molecule has 0 saturated carbocycles. The van der Waals surface area contributed by atoms with Crippen LogP contribution in [-0.4, -0.2) is 25.5 Å². The highest BCUT2D eigenvalue weighted by Crippen LogP contribution is 2.31. The summed E-state index contributed by atoms with van der Waals surface area (Å²) in [5, 5.41) is 13.0. The number of nitrogens with one attached hydrogen (secondary N) is 1. The van der Waals surface area contributed by atoms with Gasteiger partial charge in [-0.2, -0.15) is 10.2 Å². The number of rotatable bonds is 7. The first-order chi connectivity index (χ1) is 15.8. The van der Waals surface area contributed by atoms with Crippen LogP contribution in [0.25, 0.3) is 0 Å². The Hall–Kier alpha value is -2.23. The van der Waals surface area contributed by atoms with Crippen molar-refractivity contribution < 1.29 is 9.53 Å². The molecule has 2 aromatic carbocycles. The summed E-state index contributed by atoms with van der Waals surface area (Å²) in [4.78, 5) is 12.6. The molecular weight excluding hydrogens is 576 g/mol. The molecule has 0 aliphatic rings. The van der Waals surface area contributed by atoms with Gasteiger partial charge in [0.2, 0.25) is 0 Å². The molecule has 0 radical (unpaired) electrons. The monoisotopic (exact) mass is 587 g/mol. The molecule has 7 nitrogen and oxygen atoms in total. The van der Waals surface area contributed by atoms with Crippen LogP contribution in [0.1, 0.15) is 16.1 Å². The van der Waals surface area contributed by atoms with Crippen LogP contribution >= 0.6 is 62.3 Å². The lowest BCUT2D eigenvalue weighted by atomic mass is 10.2. The first-order valence-electron chi connectivity index (χ1n) is 9.38. The Balaban J connectivity index is 1.39. The van der Waals surface area contributed by atoms with Gasteiger partial charge in [-0.25, -0.2) is 4.68 Å². The molecule has 4 rings (SSSR count). The highest BCUT2D eigenvalue weighted by Gasteiger charge is 2.15. The molecule has 0 aliphatic heterocycles. The van der Waals surface area contributed by atoms with Gasteiger partial charge in [-0.1, -0.05) is 58.5 Å². The molecule has 33 heavy (non-hydrogen) atoms. The van der Waals surface area contributed by atoms with Crippen LogP contribution in [-0.2, 0) is 13.3 Å². The van der Waals surface area contributed by atoms with Crippen molar-refractivity contribution in [3.05, 3.63) is 90.7 Å². The number of hydrogen-bond donors (Lipinski definition) is 1. The van der Waals surface area contributed by atoms with Gasteiger partial charge in [-0.3, -0.25) is 9.48 Å². The third-order valence-electron chi connectivity index (χ3n) is 4.42. The van der Waals surface area contributed by atoms with E-state index in [1.54, 1.807) is 53.5 Å². The Bertz CT molecular complexity index is 1320. The average Bonchev–Trinajstić information content (AvgIpc) is 3.38. The molecule has 4 aromatic rings. The van der Waals surface area contributed by atoms with Gasteiger partial charge in [0, 0.05) is 12.4 Å². The van der Waals surface area contributed by atoms with E-state index in [0.29, 0.717) is 42.7 Å². The summed E-state index contributed by atoms with van der Waals surface area (Å²) in [6.45, 7) is 0.499. The van der Waals surface area contributed by atoms with Crippen molar-refractivity contribution in [1.29, 1.82) is 0 Å². The van der Waals surface area contributed by atoms with Crippen LogP contribution < -0.4 is 10.1 Å². The average molecular weight is 590 g/mol. The molecule has 0 bridgehead atoms. The number of carbonyl (C=O) groups excluding carboxylic acids is 1. The Kier molecular flexibility index (Phi) is 7.51. The number of amides is 1. The smallest absolute Gasteiger partial charge is 0.277 e. The minimum absolute atomic E-state index is 0.0509. The van der Waals surface area contributed by atoms with Crippen molar-refractivity contribution in [2.24, 2.45) is 0 Å². The second kappa shape index (κ2) is 10.4. The zero-order valence-electron chi connectivity index (χ0n) is 16.6. The molecule has 0 unspecified atom stereocenters. The fraction of sp³-hybridized carbons (Fsp3) is 0.0952.